The highest BCUT2D eigenvalue weighted by Gasteiger charge is 2.44. The van der Waals surface area contributed by atoms with Crippen molar-refractivity contribution < 1.29 is 51.5 Å². The van der Waals surface area contributed by atoms with Crippen LogP contribution in [0.3, 0.4) is 0 Å². The molecule has 3 aliphatic rings. The molecular weight excluding hydrogens is 648 g/mol. The SMILES string of the molecule is CC(C)(CCCOC(=O)NN)CN(C[C@@H](O)[C@H](Cc1ccccc1)NC(=O)O[C@H]1CO[C@H]2OCC[C@H]21)S(=O)(=O)c1ccc2c(c1)OCO2. The smallest absolute Gasteiger partial charge is 0.421 e. The van der Waals surface area contributed by atoms with Gasteiger partial charge in [-0.05, 0) is 48.8 Å². The van der Waals surface area contributed by atoms with Crippen molar-refractivity contribution >= 4 is 22.2 Å². The second-order valence-electron chi connectivity index (χ2n) is 12.8. The Morgan fingerprint density at radius 1 is 1.10 bits per heavy atom. The van der Waals surface area contributed by atoms with E-state index in [1.807, 2.05) is 49.6 Å². The maximum Gasteiger partial charge on any atom is 0.421 e. The van der Waals surface area contributed by atoms with Gasteiger partial charge in [-0.3, -0.25) is 5.43 Å². The highest BCUT2D eigenvalue weighted by Crippen LogP contribution is 2.36. The number of nitrogens with zero attached hydrogens (tertiary/aromatic N) is 1. The molecule has 5 N–H and O–H groups in total. The molecule has 5 rings (SSSR count). The van der Waals surface area contributed by atoms with Crippen LogP contribution in [-0.2, 0) is 35.4 Å². The van der Waals surface area contributed by atoms with Gasteiger partial charge in [-0.2, -0.15) is 4.31 Å². The Balaban J connectivity index is 1.35. The van der Waals surface area contributed by atoms with Gasteiger partial charge >= 0.3 is 12.2 Å². The van der Waals surface area contributed by atoms with Gasteiger partial charge in [0, 0.05) is 19.2 Å². The molecular formula is C32H44N4O11S. The van der Waals surface area contributed by atoms with Crippen molar-refractivity contribution in [1.82, 2.24) is 15.0 Å². The van der Waals surface area contributed by atoms with E-state index in [4.69, 9.17) is 34.3 Å². The third-order valence-corrected chi connectivity index (χ3v) is 10.4. The van der Waals surface area contributed by atoms with Gasteiger partial charge in [0.25, 0.3) is 0 Å². The first kappa shape index (κ1) is 35.6. The minimum absolute atomic E-state index is 0.00505. The lowest BCUT2D eigenvalue weighted by Gasteiger charge is -2.35. The van der Waals surface area contributed by atoms with Crippen LogP contribution in [0.2, 0.25) is 0 Å². The molecule has 3 aliphatic heterocycles. The molecule has 0 radical (unpaired) electrons. The van der Waals surface area contributed by atoms with Crippen LogP contribution >= 0.6 is 0 Å². The van der Waals surface area contributed by atoms with Crippen LogP contribution in [0.4, 0.5) is 9.59 Å². The molecule has 2 fully saturated rings. The number of ether oxygens (including phenoxy) is 6. The molecule has 3 heterocycles. The van der Waals surface area contributed by atoms with Crippen LogP contribution in [-0.4, -0.2) is 94.3 Å². The molecule has 0 bridgehead atoms. The zero-order chi connectivity index (χ0) is 34.3. The summed E-state index contributed by atoms with van der Waals surface area (Å²) in [6.07, 6.45) is -1.96. The first-order valence-electron chi connectivity index (χ1n) is 15.9. The van der Waals surface area contributed by atoms with Crippen molar-refractivity contribution in [2.75, 3.05) is 39.7 Å². The highest BCUT2D eigenvalue weighted by molar-refractivity contribution is 7.89. The fourth-order valence-corrected chi connectivity index (χ4v) is 7.77. The molecule has 48 heavy (non-hydrogen) atoms. The van der Waals surface area contributed by atoms with E-state index in [0.29, 0.717) is 37.4 Å². The second kappa shape index (κ2) is 15.7. The van der Waals surface area contributed by atoms with E-state index >= 15 is 0 Å². The number of alkyl carbamates (subject to hydrolysis) is 1. The van der Waals surface area contributed by atoms with Gasteiger partial charge in [0.05, 0.1) is 42.8 Å². The summed E-state index contributed by atoms with van der Waals surface area (Å²) in [4.78, 5) is 24.5. The second-order valence-corrected chi connectivity index (χ2v) is 14.8. The van der Waals surface area contributed by atoms with Gasteiger partial charge in [0.2, 0.25) is 16.8 Å². The molecule has 2 aromatic carbocycles. The average molecular weight is 693 g/mol. The van der Waals surface area contributed by atoms with E-state index in [-0.39, 0.29) is 50.3 Å². The number of nitrogens with one attached hydrogen (secondary N) is 2. The quantitative estimate of drug-likeness (QED) is 0.0921. The van der Waals surface area contributed by atoms with Crippen molar-refractivity contribution in [3.8, 4) is 11.5 Å². The van der Waals surface area contributed by atoms with E-state index < -0.39 is 52.2 Å². The van der Waals surface area contributed by atoms with Crippen molar-refractivity contribution in [3.63, 3.8) is 0 Å². The normalized spacial score (nSPS) is 21.4. The van der Waals surface area contributed by atoms with Crippen LogP contribution in [0.15, 0.2) is 53.4 Å². The minimum Gasteiger partial charge on any atom is -0.454 e. The summed E-state index contributed by atoms with van der Waals surface area (Å²) in [5.74, 6) is 5.72. The van der Waals surface area contributed by atoms with Crippen molar-refractivity contribution in [1.29, 1.82) is 0 Å². The fourth-order valence-electron chi connectivity index (χ4n) is 6.11. The lowest BCUT2D eigenvalue weighted by Crippen LogP contribution is -2.52. The van der Waals surface area contributed by atoms with Crippen LogP contribution in [0.1, 0.15) is 38.7 Å². The number of hydrogen-bond donors (Lipinski definition) is 4. The van der Waals surface area contributed by atoms with E-state index in [0.717, 1.165) is 5.56 Å². The monoisotopic (exact) mass is 692 g/mol. The number of amides is 2. The van der Waals surface area contributed by atoms with E-state index in [1.54, 1.807) is 0 Å². The summed E-state index contributed by atoms with van der Waals surface area (Å²) in [6.45, 7) is 4.18. The standard InChI is InChI=1S/C32H44N4O11S/c1-32(2,12-6-13-43-31(39)35-33)19-36(48(40,41)22-9-10-26-27(16-22)46-20-45-26)17-25(37)24(15-21-7-4-3-5-8-21)34-30(38)47-28-18-44-29-23(28)11-14-42-29/h3-5,7-10,16,23-25,28-29,37H,6,11-15,17-20,33H2,1-2H3,(H,34,38)(H,35,39)/t23-,24-,25+,28-,29+/m0/s1. The number of hydrogen-bond acceptors (Lipinski definition) is 12. The summed E-state index contributed by atoms with van der Waals surface area (Å²) < 4.78 is 62.3. The number of hydrazine groups is 1. The van der Waals surface area contributed by atoms with Crippen molar-refractivity contribution in [2.45, 2.75) is 69.0 Å². The molecule has 2 amide bonds. The van der Waals surface area contributed by atoms with E-state index in [9.17, 15) is 23.1 Å². The first-order valence-corrected chi connectivity index (χ1v) is 17.3. The number of rotatable bonds is 15. The van der Waals surface area contributed by atoms with Gasteiger partial charge in [0.1, 0.15) is 6.10 Å². The predicted molar refractivity (Wildman–Crippen MR) is 170 cm³/mol. The molecule has 0 unspecified atom stereocenters. The Morgan fingerprint density at radius 3 is 2.65 bits per heavy atom. The zero-order valence-electron chi connectivity index (χ0n) is 27.0. The molecule has 0 saturated carbocycles. The molecule has 264 valence electrons. The number of fused-ring (bicyclic) bond motifs is 2. The molecule has 0 aromatic heterocycles. The fraction of sp³-hybridized carbons (Fsp3) is 0.562. The Bertz CT molecular complexity index is 1510. The van der Waals surface area contributed by atoms with Gasteiger partial charge < -0.3 is 38.8 Å². The number of aliphatic hydroxyl groups excluding tert-OH is 1. The average Bonchev–Trinajstić information content (AvgIpc) is 3.81. The van der Waals surface area contributed by atoms with Crippen LogP contribution in [0.5, 0.6) is 11.5 Å². The Morgan fingerprint density at radius 2 is 1.88 bits per heavy atom. The topological polar surface area (TPSA) is 197 Å². The van der Waals surface area contributed by atoms with E-state index in [1.165, 1.54) is 22.5 Å². The predicted octanol–water partition coefficient (Wildman–Crippen LogP) is 2.27. The molecule has 15 nitrogen and oxygen atoms in total. The summed E-state index contributed by atoms with van der Waals surface area (Å²) >= 11 is 0. The Labute approximate surface area is 279 Å². The number of benzene rings is 2. The number of nitrogens with two attached hydrogens (primary N) is 1. The van der Waals surface area contributed by atoms with Crippen molar-refractivity contribution in [3.05, 3.63) is 54.1 Å². The molecule has 2 aromatic rings. The van der Waals surface area contributed by atoms with Gasteiger partial charge in [0.15, 0.2) is 17.8 Å². The van der Waals surface area contributed by atoms with Crippen LogP contribution in [0.25, 0.3) is 0 Å². The summed E-state index contributed by atoms with van der Waals surface area (Å²) in [5.41, 5.74) is 2.09. The minimum atomic E-state index is -4.21. The summed E-state index contributed by atoms with van der Waals surface area (Å²) in [6, 6.07) is 12.7. The summed E-state index contributed by atoms with van der Waals surface area (Å²) in [7, 11) is -4.21. The van der Waals surface area contributed by atoms with Crippen LogP contribution < -0.4 is 26.1 Å². The molecule has 0 spiro atoms. The highest BCUT2D eigenvalue weighted by atomic mass is 32.2. The number of aliphatic hydroxyl groups is 1. The number of carbonyl (C=O) groups excluding carboxylic acids is 2. The van der Waals surface area contributed by atoms with Crippen LogP contribution in [0, 0.1) is 11.3 Å². The number of carbonyl (C=O) groups is 2. The third kappa shape index (κ3) is 9.06. The maximum atomic E-state index is 14.2. The van der Waals surface area contributed by atoms with Gasteiger partial charge in [-0.1, -0.05) is 44.2 Å². The molecule has 5 atom stereocenters. The first-order chi connectivity index (χ1) is 22.9. The zero-order valence-corrected chi connectivity index (χ0v) is 27.9. The molecule has 2 saturated heterocycles. The van der Waals surface area contributed by atoms with Gasteiger partial charge in [-0.15, -0.1) is 0 Å². The lowest BCUT2D eigenvalue weighted by molar-refractivity contribution is -0.0907. The van der Waals surface area contributed by atoms with E-state index in [2.05, 4.69) is 5.32 Å². The lowest BCUT2D eigenvalue weighted by atomic mass is 9.87. The summed E-state index contributed by atoms with van der Waals surface area (Å²) in [5, 5.41) is 14.5. The largest absolute Gasteiger partial charge is 0.454 e. The van der Waals surface area contributed by atoms with Gasteiger partial charge in [-0.25, -0.2) is 23.8 Å². The molecule has 16 heteroatoms. The number of sulfonamides is 1. The maximum absolute atomic E-state index is 14.2. The Hall–Kier alpha value is -3.67. The Kier molecular flexibility index (Phi) is 11.7. The third-order valence-electron chi connectivity index (χ3n) is 8.64. The molecule has 0 aliphatic carbocycles. The van der Waals surface area contributed by atoms with Crippen molar-refractivity contribution in [2.24, 2.45) is 17.2 Å².